The first-order chi connectivity index (χ1) is 30.2. The number of halogens is 6. The van der Waals surface area contributed by atoms with E-state index in [2.05, 4.69) is 10.6 Å². The smallest absolute Gasteiger partial charge is 0.381 e. The Morgan fingerprint density at radius 2 is 0.969 bits per heavy atom. The molecule has 2 aromatic carbocycles. The molecule has 2 N–H and O–H groups in total. The van der Waals surface area contributed by atoms with Gasteiger partial charge in [-0.3, -0.25) is 18.0 Å². The predicted octanol–water partition coefficient (Wildman–Crippen LogP) is 8.15. The number of nitrogens with one attached hydrogen (secondary N) is 2. The highest BCUT2D eigenvalue weighted by Crippen LogP contribution is 2.49. The summed E-state index contributed by atoms with van der Waals surface area (Å²) in [4.78, 5) is 31.4. The standard InChI is InChI=1S/2C23H31F3N2O3S/c2*1-15(2)22(8-5-19(12-22)27-18-6-9-31-10-7-18)21(29)28-13-16-11-17(23(24,25)26)3-4-20(16)32(30)14-28/h2*3-4,11,15,18-19,27H,5-10,12-14H2,1-2H3/t2*19-,22+,32?/m11/s1. The lowest BCUT2D eigenvalue weighted by Crippen LogP contribution is -2.49. The maximum atomic E-state index is 13.8. The molecule has 0 aromatic heterocycles. The van der Waals surface area contributed by atoms with Crippen LogP contribution in [0.1, 0.15) is 114 Å². The Hall–Kier alpha value is -2.90. The second-order valence-corrected chi connectivity index (χ2v) is 22.0. The Labute approximate surface area is 377 Å². The number of ether oxygens (including phenoxy) is 2. The van der Waals surface area contributed by atoms with Gasteiger partial charge in [-0.25, -0.2) is 0 Å². The Morgan fingerprint density at radius 3 is 1.30 bits per heavy atom. The lowest BCUT2D eigenvalue weighted by atomic mass is 9.74. The number of alkyl halides is 6. The molecule has 0 bridgehead atoms. The highest BCUT2D eigenvalue weighted by atomic mass is 32.2. The molecule has 2 unspecified atom stereocenters. The molecule has 18 heteroatoms. The third-order valence-electron chi connectivity index (χ3n) is 14.7. The zero-order chi connectivity index (χ0) is 46.2. The SMILES string of the molecule is CC(C)[C@]1(C(=O)N2Cc3cc(C(F)(F)F)ccc3S(=O)C2)CC[C@@H](NC2CCOCC2)C1.CC(C)[C@]1(C(=O)N2Cc3cc(C(F)(F)F)ccc3S(=O)C2)CC[C@@H](NC2CCOCC2)C1. The van der Waals surface area contributed by atoms with Crippen molar-refractivity contribution >= 4 is 33.4 Å². The van der Waals surface area contributed by atoms with Crippen LogP contribution in [-0.4, -0.2) is 92.4 Å². The zero-order valence-corrected chi connectivity index (χ0v) is 38.7. The van der Waals surface area contributed by atoms with Crippen LogP contribution in [0, 0.1) is 22.7 Å². The largest absolute Gasteiger partial charge is 0.416 e. The number of nitrogens with zero attached hydrogens (tertiary/aromatic N) is 2. The lowest BCUT2D eigenvalue weighted by Gasteiger charge is -2.39. The van der Waals surface area contributed by atoms with Crippen molar-refractivity contribution in [3.63, 3.8) is 0 Å². The number of hydrogen-bond donors (Lipinski definition) is 2. The monoisotopic (exact) mass is 944 g/mol. The molecule has 4 aliphatic heterocycles. The molecule has 0 radical (unpaired) electrons. The molecular formula is C46H62F6N4O6S2. The van der Waals surface area contributed by atoms with Crippen LogP contribution >= 0.6 is 0 Å². The second kappa shape index (κ2) is 19.7. The van der Waals surface area contributed by atoms with E-state index >= 15 is 0 Å². The Balaban J connectivity index is 0.000000191. The minimum absolute atomic E-state index is 0.0315. The van der Waals surface area contributed by atoms with Crippen LogP contribution in [0.5, 0.6) is 0 Å². The van der Waals surface area contributed by atoms with Crippen molar-refractivity contribution in [1.29, 1.82) is 0 Å². The highest BCUT2D eigenvalue weighted by molar-refractivity contribution is 7.85. The van der Waals surface area contributed by atoms with Crippen LogP contribution < -0.4 is 10.6 Å². The van der Waals surface area contributed by atoms with Crippen molar-refractivity contribution < 1.29 is 53.8 Å². The molecule has 356 valence electrons. The summed E-state index contributed by atoms with van der Waals surface area (Å²) in [5, 5.41) is 7.40. The lowest BCUT2D eigenvalue weighted by molar-refractivity contribution is -0.145. The third kappa shape index (κ3) is 10.6. The number of amides is 2. The van der Waals surface area contributed by atoms with E-state index < -0.39 is 55.9 Å². The molecule has 8 rings (SSSR count). The predicted molar refractivity (Wildman–Crippen MR) is 230 cm³/mol. The van der Waals surface area contributed by atoms with Crippen molar-refractivity contribution in [2.24, 2.45) is 22.7 Å². The second-order valence-electron chi connectivity index (χ2n) is 19.2. The average Bonchev–Trinajstić information content (AvgIpc) is 3.89. The molecule has 2 saturated heterocycles. The van der Waals surface area contributed by atoms with Crippen LogP contribution in [0.15, 0.2) is 46.2 Å². The fourth-order valence-electron chi connectivity index (χ4n) is 10.8. The molecule has 2 saturated carbocycles. The summed E-state index contributed by atoms with van der Waals surface area (Å²) in [7, 11) is -3.08. The summed E-state index contributed by atoms with van der Waals surface area (Å²) in [5.74, 6) is 0.0500. The molecule has 64 heavy (non-hydrogen) atoms. The normalized spacial score (nSPS) is 29.4. The van der Waals surface area contributed by atoms with E-state index in [0.29, 0.717) is 45.8 Å². The van der Waals surface area contributed by atoms with Crippen molar-refractivity contribution in [2.45, 2.75) is 151 Å². The molecule has 10 nitrogen and oxygen atoms in total. The summed E-state index contributed by atoms with van der Waals surface area (Å²) < 4.78 is 116. The van der Waals surface area contributed by atoms with Crippen LogP contribution in [0.25, 0.3) is 0 Å². The number of benzene rings is 2. The molecule has 0 spiro atoms. The molecule has 2 aromatic rings. The van der Waals surface area contributed by atoms with Gasteiger partial charge in [0.25, 0.3) is 0 Å². The minimum Gasteiger partial charge on any atom is -0.381 e. The quantitative estimate of drug-likeness (QED) is 0.255. The van der Waals surface area contributed by atoms with Gasteiger partial charge in [0, 0.05) is 73.5 Å². The first-order valence-corrected chi connectivity index (χ1v) is 25.3. The van der Waals surface area contributed by atoms with Gasteiger partial charge >= 0.3 is 12.4 Å². The van der Waals surface area contributed by atoms with Crippen LogP contribution in [-0.2, 0) is 66.1 Å². The maximum Gasteiger partial charge on any atom is 0.416 e. The van der Waals surface area contributed by atoms with E-state index in [9.17, 15) is 44.3 Å². The number of hydrogen-bond acceptors (Lipinski definition) is 8. The first kappa shape index (κ1) is 49.0. The van der Waals surface area contributed by atoms with E-state index in [0.717, 1.165) is 102 Å². The van der Waals surface area contributed by atoms with Crippen molar-refractivity contribution in [3.05, 3.63) is 58.7 Å². The fourth-order valence-corrected chi connectivity index (χ4v) is 13.3. The van der Waals surface area contributed by atoms with Gasteiger partial charge in [0.15, 0.2) is 0 Å². The molecular weight excluding hydrogens is 883 g/mol. The summed E-state index contributed by atoms with van der Waals surface area (Å²) in [6, 6.07) is 7.82. The van der Waals surface area contributed by atoms with Gasteiger partial charge in [0.1, 0.15) is 11.8 Å². The van der Waals surface area contributed by atoms with Crippen molar-refractivity contribution in [1.82, 2.24) is 20.4 Å². The summed E-state index contributed by atoms with van der Waals surface area (Å²) in [6.45, 7) is 11.3. The van der Waals surface area contributed by atoms with Gasteiger partial charge < -0.3 is 29.9 Å². The van der Waals surface area contributed by atoms with Gasteiger partial charge in [0.2, 0.25) is 11.8 Å². The highest BCUT2D eigenvalue weighted by Gasteiger charge is 2.52. The van der Waals surface area contributed by atoms with E-state index in [4.69, 9.17) is 9.47 Å². The molecule has 6 atom stereocenters. The Bertz CT molecular complexity index is 1910. The Morgan fingerprint density at radius 1 is 0.609 bits per heavy atom. The number of rotatable bonds is 8. The number of carbonyl (C=O) groups is 2. The summed E-state index contributed by atoms with van der Waals surface area (Å²) >= 11 is 0. The minimum atomic E-state index is -4.48. The van der Waals surface area contributed by atoms with Gasteiger partial charge in [-0.2, -0.15) is 26.3 Å². The fraction of sp³-hybridized carbons (Fsp3) is 0.696. The summed E-state index contributed by atoms with van der Waals surface area (Å²) in [5.41, 5.74) is -2.08. The topological polar surface area (TPSA) is 117 Å². The number of fused-ring (bicyclic) bond motifs is 2. The number of carbonyl (C=O) groups excluding carboxylic acids is 2. The van der Waals surface area contributed by atoms with Crippen LogP contribution in [0.2, 0.25) is 0 Å². The first-order valence-electron chi connectivity index (χ1n) is 22.6. The van der Waals surface area contributed by atoms with Crippen LogP contribution in [0.4, 0.5) is 26.3 Å². The molecule has 4 heterocycles. The van der Waals surface area contributed by atoms with E-state index in [-0.39, 0.29) is 60.6 Å². The molecule has 6 aliphatic rings. The Kier molecular flexibility index (Phi) is 15.1. The van der Waals surface area contributed by atoms with Crippen molar-refractivity contribution in [2.75, 3.05) is 38.2 Å². The van der Waals surface area contributed by atoms with Gasteiger partial charge in [-0.15, -0.1) is 0 Å². The zero-order valence-electron chi connectivity index (χ0n) is 37.1. The van der Waals surface area contributed by atoms with E-state index in [1.807, 2.05) is 27.7 Å². The van der Waals surface area contributed by atoms with Gasteiger partial charge in [-0.1, -0.05) is 27.7 Å². The van der Waals surface area contributed by atoms with Gasteiger partial charge in [-0.05, 0) is 124 Å². The third-order valence-corrected chi connectivity index (χ3v) is 17.5. The molecule has 4 fully saturated rings. The van der Waals surface area contributed by atoms with Crippen LogP contribution in [0.3, 0.4) is 0 Å². The van der Waals surface area contributed by atoms with Gasteiger partial charge in [0.05, 0.1) is 43.6 Å². The average molecular weight is 945 g/mol. The summed E-state index contributed by atoms with van der Waals surface area (Å²) in [6.07, 6.45) is -0.506. The molecule has 2 amide bonds. The van der Waals surface area contributed by atoms with E-state index in [1.54, 1.807) is 0 Å². The maximum absolute atomic E-state index is 13.8. The van der Waals surface area contributed by atoms with E-state index in [1.165, 1.54) is 21.9 Å². The molecule has 2 aliphatic carbocycles. The van der Waals surface area contributed by atoms with Crippen molar-refractivity contribution in [3.8, 4) is 0 Å².